The minimum atomic E-state index is -3.28. The number of aromatic nitrogens is 1. The molecule has 0 saturated carbocycles. The number of sulfonamides is 1. The van der Waals surface area contributed by atoms with Crippen molar-refractivity contribution in [2.24, 2.45) is 0 Å². The first-order valence-electron chi connectivity index (χ1n) is 4.53. The minimum absolute atomic E-state index is 0.0478. The van der Waals surface area contributed by atoms with Crippen LogP contribution in [0, 0.1) is 6.92 Å². The molecule has 86 valence electrons. The van der Waals surface area contributed by atoms with Crippen molar-refractivity contribution in [2.45, 2.75) is 19.9 Å². The minimum Gasteiger partial charge on any atom is -0.396 e. The van der Waals surface area contributed by atoms with Gasteiger partial charge in [0.15, 0.2) is 0 Å². The standard InChI is InChI=1S/C8H14N2O3S2/c1-7-6-14-8(10-7)5-9-15(12,13)4-2-3-11/h6,9,11H,2-5H2,1H3. The lowest BCUT2D eigenvalue weighted by Crippen LogP contribution is -2.26. The van der Waals surface area contributed by atoms with Crippen LogP contribution in [0.3, 0.4) is 0 Å². The summed E-state index contributed by atoms with van der Waals surface area (Å²) in [5.41, 5.74) is 0.893. The van der Waals surface area contributed by atoms with Crippen LogP contribution < -0.4 is 4.72 Å². The van der Waals surface area contributed by atoms with Gasteiger partial charge >= 0.3 is 0 Å². The maximum Gasteiger partial charge on any atom is 0.212 e. The van der Waals surface area contributed by atoms with Crippen molar-refractivity contribution >= 4 is 21.4 Å². The molecule has 0 atom stereocenters. The quantitative estimate of drug-likeness (QED) is 0.758. The van der Waals surface area contributed by atoms with E-state index in [1.165, 1.54) is 11.3 Å². The number of thiazole rings is 1. The summed E-state index contributed by atoms with van der Waals surface area (Å²) in [6.45, 7) is 1.98. The summed E-state index contributed by atoms with van der Waals surface area (Å²) in [6.07, 6.45) is 0.256. The Morgan fingerprint density at radius 2 is 2.33 bits per heavy atom. The summed E-state index contributed by atoms with van der Waals surface area (Å²) in [7, 11) is -3.28. The lowest BCUT2D eigenvalue weighted by atomic mass is 10.5. The Bertz CT molecular complexity index is 400. The third-order valence-corrected chi connectivity index (χ3v) is 4.06. The number of nitrogens with zero attached hydrogens (tertiary/aromatic N) is 1. The molecule has 0 aliphatic rings. The summed E-state index contributed by atoms with van der Waals surface area (Å²) in [6, 6.07) is 0. The van der Waals surface area contributed by atoms with Gasteiger partial charge in [0.05, 0.1) is 12.3 Å². The van der Waals surface area contributed by atoms with E-state index in [-0.39, 0.29) is 25.3 Å². The molecule has 0 aliphatic heterocycles. The third-order valence-electron chi connectivity index (χ3n) is 1.68. The maximum absolute atomic E-state index is 11.3. The van der Waals surface area contributed by atoms with Gasteiger partial charge in [0.1, 0.15) is 5.01 Å². The molecule has 0 aromatic carbocycles. The molecule has 1 heterocycles. The van der Waals surface area contributed by atoms with Crippen molar-refractivity contribution in [1.29, 1.82) is 0 Å². The number of hydrogen-bond donors (Lipinski definition) is 2. The molecule has 0 saturated heterocycles. The fourth-order valence-electron chi connectivity index (χ4n) is 0.982. The first-order valence-corrected chi connectivity index (χ1v) is 7.06. The highest BCUT2D eigenvalue weighted by molar-refractivity contribution is 7.89. The van der Waals surface area contributed by atoms with Crippen LogP contribution >= 0.6 is 11.3 Å². The Hall–Kier alpha value is -0.500. The number of aryl methyl sites for hydroxylation is 1. The molecule has 0 aliphatic carbocycles. The van der Waals surface area contributed by atoms with Crippen LogP contribution in [0.4, 0.5) is 0 Å². The van der Waals surface area contributed by atoms with Gasteiger partial charge in [0, 0.05) is 17.7 Å². The summed E-state index contributed by atoms with van der Waals surface area (Å²) >= 11 is 1.43. The van der Waals surface area contributed by atoms with Crippen LogP contribution in [0.1, 0.15) is 17.1 Å². The number of aliphatic hydroxyl groups excluding tert-OH is 1. The largest absolute Gasteiger partial charge is 0.396 e. The molecule has 0 spiro atoms. The van der Waals surface area contributed by atoms with E-state index < -0.39 is 10.0 Å². The van der Waals surface area contributed by atoms with Gasteiger partial charge in [-0.05, 0) is 13.3 Å². The van der Waals surface area contributed by atoms with Crippen LogP contribution in [0.15, 0.2) is 5.38 Å². The highest BCUT2D eigenvalue weighted by Crippen LogP contribution is 2.08. The smallest absolute Gasteiger partial charge is 0.212 e. The molecule has 15 heavy (non-hydrogen) atoms. The summed E-state index contributed by atoms with van der Waals surface area (Å²) in [5, 5.41) is 11.1. The van der Waals surface area contributed by atoms with Crippen LogP contribution in [0.5, 0.6) is 0 Å². The molecule has 7 heteroatoms. The molecule has 0 amide bonds. The van der Waals surface area contributed by atoms with E-state index in [1.807, 2.05) is 12.3 Å². The average molecular weight is 250 g/mol. The molecule has 1 aromatic rings. The lowest BCUT2D eigenvalue weighted by Gasteiger charge is -2.03. The number of hydrogen-bond acceptors (Lipinski definition) is 5. The van der Waals surface area contributed by atoms with Gasteiger partial charge in [0.2, 0.25) is 10.0 Å². The molecule has 0 bridgehead atoms. The van der Waals surface area contributed by atoms with Crippen molar-refractivity contribution in [3.63, 3.8) is 0 Å². The first kappa shape index (κ1) is 12.6. The zero-order chi connectivity index (χ0) is 11.3. The van der Waals surface area contributed by atoms with E-state index in [4.69, 9.17) is 5.11 Å². The van der Waals surface area contributed by atoms with E-state index in [2.05, 4.69) is 9.71 Å². The van der Waals surface area contributed by atoms with Crippen molar-refractivity contribution in [1.82, 2.24) is 9.71 Å². The zero-order valence-electron chi connectivity index (χ0n) is 8.43. The average Bonchev–Trinajstić information content (AvgIpc) is 2.59. The monoisotopic (exact) mass is 250 g/mol. The normalized spacial score (nSPS) is 11.9. The molecular formula is C8H14N2O3S2. The highest BCUT2D eigenvalue weighted by Gasteiger charge is 2.10. The predicted molar refractivity (Wildman–Crippen MR) is 59.2 cm³/mol. The lowest BCUT2D eigenvalue weighted by molar-refractivity contribution is 0.295. The highest BCUT2D eigenvalue weighted by atomic mass is 32.2. The van der Waals surface area contributed by atoms with Crippen molar-refractivity contribution < 1.29 is 13.5 Å². The number of rotatable bonds is 6. The molecule has 0 unspecified atom stereocenters. The van der Waals surface area contributed by atoms with Crippen molar-refractivity contribution in [3.8, 4) is 0 Å². The zero-order valence-corrected chi connectivity index (χ0v) is 10.1. The SMILES string of the molecule is Cc1csc(CNS(=O)(=O)CCCO)n1. The fraction of sp³-hybridized carbons (Fsp3) is 0.625. The Balaban J connectivity index is 2.42. The number of aliphatic hydroxyl groups is 1. The van der Waals surface area contributed by atoms with E-state index in [1.54, 1.807) is 0 Å². The molecule has 2 N–H and O–H groups in total. The number of nitrogens with one attached hydrogen (secondary N) is 1. The second-order valence-electron chi connectivity index (χ2n) is 3.10. The van der Waals surface area contributed by atoms with Crippen molar-refractivity contribution in [2.75, 3.05) is 12.4 Å². The predicted octanol–water partition coefficient (Wildman–Crippen LogP) is 0.253. The van der Waals surface area contributed by atoms with Gasteiger partial charge in [-0.3, -0.25) is 0 Å². The van der Waals surface area contributed by atoms with Crippen LogP contribution in [-0.2, 0) is 16.6 Å². The van der Waals surface area contributed by atoms with Crippen LogP contribution in [-0.4, -0.2) is 30.9 Å². The molecule has 1 rings (SSSR count). The van der Waals surface area contributed by atoms with Crippen LogP contribution in [0.25, 0.3) is 0 Å². The van der Waals surface area contributed by atoms with Crippen LogP contribution in [0.2, 0.25) is 0 Å². The van der Waals surface area contributed by atoms with Gasteiger partial charge in [-0.2, -0.15) is 0 Å². The van der Waals surface area contributed by atoms with Gasteiger partial charge in [-0.15, -0.1) is 11.3 Å². The molecule has 1 aromatic heterocycles. The van der Waals surface area contributed by atoms with E-state index in [0.717, 1.165) is 10.7 Å². The maximum atomic E-state index is 11.3. The van der Waals surface area contributed by atoms with E-state index >= 15 is 0 Å². The van der Waals surface area contributed by atoms with E-state index in [9.17, 15) is 8.42 Å². The Kier molecular flexibility index (Phi) is 4.65. The van der Waals surface area contributed by atoms with Crippen molar-refractivity contribution in [3.05, 3.63) is 16.1 Å². The van der Waals surface area contributed by atoms with E-state index in [0.29, 0.717) is 0 Å². The van der Waals surface area contributed by atoms with Gasteiger partial charge < -0.3 is 5.11 Å². The van der Waals surface area contributed by atoms with Gasteiger partial charge in [0.25, 0.3) is 0 Å². The second-order valence-corrected chi connectivity index (χ2v) is 5.97. The molecular weight excluding hydrogens is 236 g/mol. The molecule has 5 nitrogen and oxygen atoms in total. The fourth-order valence-corrected chi connectivity index (χ4v) is 2.80. The third kappa shape index (κ3) is 4.70. The van der Waals surface area contributed by atoms with Gasteiger partial charge in [-0.1, -0.05) is 0 Å². The first-order chi connectivity index (χ1) is 7.03. The van der Waals surface area contributed by atoms with Gasteiger partial charge in [-0.25, -0.2) is 18.1 Å². The Labute approximate surface area is 93.2 Å². The topological polar surface area (TPSA) is 79.3 Å². The Morgan fingerprint density at radius 3 is 2.87 bits per heavy atom. The summed E-state index contributed by atoms with van der Waals surface area (Å²) in [5.74, 6) is -0.0478. The summed E-state index contributed by atoms with van der Waals surface area (Å²) in [4.78, 5) is 4.14. The Morgan fingerprint density at radius 1 is 1.60 bits per heavy atom. The molecule has 0 fully saturated rings. The summed E-state index contributed by atoms with van der Waals surface area (Å²) < 4.78 is 25.1. The second kappa shape index (κ2) is 5.55. The molecule has 0 radical (unpaired) electrons.